The highest BCUT2D eigenvalue weighted by atomic mass is 32.2. The number of nitrogens with one attached hydrogen (secondary N) is 1. The van der Waals surface area contributed by atoms with Gasteiger partial charge in [0.25, 0.3) is 0 Å². The number of thioether (sulfide) groups is 1. The smallest absolute Gasteiger partial charge is 0.194 e. The molecule has 0 amide bonds. The molecule has 1 aromatic carbocycles. The summed E-state index contributed by atoms with van der Waals surface area (Å²) in [7, 11) is 2.00. The Labute approximate surface area is 105 Å². The van der Waals surface area contributed by atoms with Gasteiger partial charge in [0.1, 0.15) is 5.82 Å². The summed E-state index contributed by atoms with van der Waals surface area (Å²) in [6.07, 6.45) is 2.00. The number of aliphatic imine (C=N–C) groups is 1. The molecule has 0 unspecified atom stereocenters. The minimum atomic E-state index is -0.193. The van der Waals surface area contributed by atoms with E-state index in [2.05, 4.69) is 15.2 Å². The lowest BCUT2D eigenvalue weighted by Gasteiger charge is -2.16. The van der Waals surface area contributed by atoms with E-state index in [0.717, 1.165) is 29.5 Å². The topological polar surface area (TPSA) is 27.6 Å². The van der Waals surface area contributed by atoms with Crippen LogP contribution in [0.5, 0.6) is 0 Å². The number of rotatable bonds is 3. The minimum Gasteiger partial charge on any atom is -0.352 e. The van der Waals surface area contributed by atoms with Crippen molar-refractivity contribution in [3.05, 3.63) is 29.6 Å². The van der Waals surface area contributed by atoms with Crippen molar-refractivity contribution in [2.45, 2.75) is 11.4 Å². The van der Waals surface area contributed by atoms with Crippen LogP contribution in [-0.4, -0.2) is 37.3 Å². The summed E-state index contributed by atoms with van der Waals surface area (Å²) in [6, 6.07) is 4.89. The van der Waals surface area contributed by atoms with Crippen molar-refractivity contribution < 1.29 is 4.39 Å². The molecule has 0 bridgehead atoms. The predicted molar refractivity (Wildman–Crippen MR) is 70.0 cm³/mol. The molecule has 5 heteroatoms. The number of nitrogens with zero attached hydrogens (tertiary/aromatic N) is 2. The number of likely N-dealkylation sites (N-methyl/N-ethyl adjacent to an activating group) is 1. The van der Waals surface area contributed by atoms with E-state index < -0.39 is 0 Å². The highest BCUT2D eigenvalue weighted by Crippen LogP contribution is 2.21. The first-order valence-electron chi connectivity index (χ1n) is 5.52. The number of benzene rings is 1. The number of halogens is 1. The van der Waals surface area contributed by atoms with Crippen molar-refractivity contribution in [1.29, 1.82) is 0 Å². The summed E-state index contributed by atoms with van der Waals surface area (Å²) in [5.74, 6) is 0.697. The van der Waals surface area contributed by atoms with Gasteiger partial charge in [0, 0.05) is 25.0 Å². The maximum atomic E-state index is 13.2. The van der Waals surface area contributed by atoms with Gasteiger partial charge in [0.15, 0.2) is 5.96 Å². The predicted octanol–water partition coefficient (Wildman–Crippen LogP) is 1.94. The van der Waals surface area contributed by atoms with Gasteiger partial charge in [-0.15, -0.1) is 11.8 Å². The Hall–Kier alpha value is -1.23. The third-order valence-electron chi connectivity index (χ3n) is 2.74. The molecule has 0 radical (unpaired) electrons. The molecule has 0 saturated heterocycles. The molecule has 17 heavy (non-hydrogen) atoms. The molecule has 0 fully saturated rings. The Kier molecular flexibility index (Phi) is 3.89. The van der Waals surface area contributed by atoms with Gasteiger partial charge in [-0.2, -0.15) is 0 Å². The Morgan fingerprint density at radius 2 is 2.35 bits per heavy atom. The Bertz CT molecular complexity index is 434. The third-order valence-corrected chi connectivity index (χ3v) is 3.58. The van der Waals surface area contributed by atoms with Crippen LogP contribution in [-0.2, 0) is 6.54 Å². The van der Waals surface area contributed by atoms with Crippen LogP contribution in [0.15, 0.2) is 28.1 Å². The normalized spacial score (nSPS) is 15.0. The number of hydrogen-bond acceptors (Lipinski definition) is 4. The quantitative estimate of drug-likeness (QED) is 0.834. The van der Waals surface area contributed by atoms with Crippen LogP contribution in [0.2, 0.25) is 0 Å². The van der Waals surface area contributed by atoms with Crippen LogP contribution in [0, 0.1) is 5.82 Å². The first kappa shape index (κ1) is 12.2. The van der Waals surface area contributed by atoms with Crippen molar-refractivity contribution in [2.75, 3.05) is 26.4 Å². The molecule has 0 aliphatic carbocycles. The minimum absolute atomic E-state index is 0.193. The molecule has 1 aliphatic rings. The second-order valence-electron chi connectivity index (χ2n) is 3.94. The Balaban J connectivity index is 2.05. The number of hydrogen-bond donors (Lipinski definition) is 1. The van der Waals surface area contributed by atoms with Crippen molar-refractivity contribution in [3.8, 4) is 0 Å². The van der Waals surface area contributed by atoms with Crippen LogP contribution < -0.4 is 5.32 Å². The second-order valence-corrected chi connectivity index (χ2v) is 4.78. The van der Waals surface area contributed by atoms with Gasteiger partial charge in [0.2, 0.25) is 0 Å². The van der Waals surface area contributed by atoms with Crippen molar-refractivity contribution in [2.24, 2.45) is 4.99 Å². The molecule has 0 spiro atoms. The molecular weight excluding hydrogens is 237 g/mol. The van der Waals surface area contributed by atoms with Crippen LogP contribution in [0.4, 0.5) is 4.39 Å². The highest BCUT2D eigenvalue weighted by Gasteiger charge is 2.12. The van der Waals surface area contributed by atoms with E-state index >= 15 is 0 Å². The summed E-state index contributed by atoms with van der Waals surface area (Å²) in [4.78, 5) is 7.51. The maximum Gasteiger partial charge on any atom is 0.194 e. The molecular formula is C12H16FN3S. The van der Waals surface area contributed by atoms with Crippen molar-refractivity contribution in [1.82, 2.24) is 10.2 Å². The largest absolute Gasteiger partial charge is 0.352 e. The first-order chi connectivity index (χ1) is 8.20. The van der Waals surface area contributed by atoms with Gasteiger partial charge in [0.05, 0.1) is 6.54 Å². The maximum absolute atomic E-state index is 13.2. The molecule has 1 N–H and O–H groups in total. The van der Waals surface area contributed by atoms with Gasteiger partial charge in [-0.1, -0.05) is 0 Å². The number of guanidine groups is 1. The lowest BCUT2D eigenvalue weighted by atomic mass is 10.2. The molecule has 0 atom stereocenters. The standard InChI is InChI=1S/C12H16FN3S/c1-16-6-5-14-12(16)15-8-9-7-10(13)3-4-11(9)17-2/h3-4,7H,5-6,8H2,1-2H3,(H,14,15). The SMILES string of the molecule is CSc1ccc(F)cc1CNC1=NCCN1C. The van der Waals surface area contributed by atoms with E-state index in [0.29, 0.717) is 6.54 Å². The van der Waals surface area contributed by atoms with Gasteiger partial charge < -0.3 is 10.2 Å². The van der Waals surface area contributed by atoms with Crippen molar-refractivity contribution in [3.63, 3.8) is 0 Å². The van der Waals surface area contributed by atoms with E-state index in [4.69, 9.17) is 0 Å². The first-order valence-corrected chi connectivity index (χ1v) is 6.75. The van der Waals surface area contributed by atoms with Gasteiger partial charge >= 0.3 is 0 Å². The molecule has 2 rings (SSSR count). The van der Waals surface area contributed by atoms with Crippen LogP contribution in [0.25, 0.3) is 0 Å². The van der Waals surface area contributed by atoms with Crippen LogP contribution in [0.3, 0.4) is 0 Å². The summed E-state index contributed by atoms with van der Waals surface area (Å²) < 4.78 is 13.2. The fourth-order valence-electron chi connectivity index (χ4n) is 1.78. The molecule has 0 saturated carbocycles. The van der Waals surface area contributed by atoms with E-state index in [9.17, 15) is 4.39 Å². The van der Waals surface area contributed by atoms with Gasteiger partial charge in [-0.3, -0.25) is 4.99 Å². The summed E-state index contributed by atoms with van der Waals surface area (Å²) in [5.41, 5.74) is 0.973. The van der Waals surface area contributed by atoms with E-state index in [1.165, 1.54) is 6.07 Å². The fraction of sp³-hybridized carbons (Fsp3) is 0.417. The zero-order valence-corrected chi connectivity index (χ0v) is 10.9. The van der Waals surface area contributed by atoms with E-state index in [1.807, 2.05) is 19.4 Å². The second kappa shape index (κ2) is 5.40. The lowest BCUT2D eigenvalue weighted by molar-refractivity contribution is 0.533. The molecule has 3 nitrogen and oxygen atoms in total. The Morgan fingerprint density at radius 1 is 1.53 bits per heavy atom. The van der Waals surface area contributed by atoms with E-state index in [1.54, 1.807) is 17.8 Å². The summed E-state index contributed by atoms with van der Waals surface area (Å²) >= 11 is 1.63. The average Bonchev–Trinajstić information content (AvgIpc) is 2.72. The lowest BCUT2D eigenvalue weighted by Crippen LogP contribution is -2.35. The summed E-state index contributed by atoms with van der Waals surface area (Å²) in [5, 5.41) is 3.25. The monoisotopic (exact) mass is 253 g/mol. The summed E-state index contributed by atoms with van der Waals surface area (Å²) in [6.45, 7) is 2.38. The molecule has 1 aromatic rings. The van der Waals surface area contributed by atoms with Gasteiger partial charge in [-0.05, 0) is 30.0 Å². The molecule has 1 heterocycles. The van der Waals surface area contributed by atoms with Gasteiger partial charge in [-0.25, -0.2) is 4.39 Å². The molecule has 0 aromatic heterocycles. The molecule has 1 aliphatic heterocycles. The zero-order valence-electron chi connectivity index (χ0n) is 10.0. The fourth-order valence-corrected chi connectivity index (χ4v) is 2.38. The highest BCUT2D eigenvalue weighted by molar-refractivity contribution is 7.98. The van der Waals surface area contributed by atoms with Crippen molar-refractivity contribution >= 4 is 17.7 Å². The van der Waals surface area contributed by atoms with Crippen LogP contribution in [0.1, 0.15) is 5.56 Å². The van der Waals surface area contributed by atoms with E-state index in [-0.39, 0.29) is 5.82 Å². The Morgan fingerprint density at radius 3 is 3.00 bits per heavy atom. The van der Waals surface area contributed by atoms with Crippen LogP contribution >= 0.6 is 11.8 Å². The zero-order chi connectivity index (χ0) is 12.3. The average molecular weight is 253 g/mol. The third kappa shape index (κ3) is 2.91. The molecule has 92 valence electrons.